The lowest BCUT2D eigenvalue weighted by Gasteiger charge is -2.61. The van der Waals surface area contributed by atoms with Gasteiger partial charge < -0.3 is 10.2 Å². The van der Waals surface area contributed by atoms with Crippen LogP contribution in [0.1, 0.15) is 78.6 Å². The Morgan fingerprint density at radius 2 is 1.76 bits per heavy atom. The number of Topliss-reactive ketones (excluding diaryl/α,β-unsaturated/α-hetero) is 1. The highest BCUT2D eigenvalue weighted by Crippen LogP contribution is 2.67. The molecule has 4 fully saturated rings. The molecule has 0 aromatic carbocycles. The van der Waals surface area contributed by atoms with Gasteiger partial charge in [-0.05, 0) is 85.9 Å². The van der Waals surface area contributed by atoms with Gasteiger partial charge in [0.2, 0.25) is 0 Å². The summed E-state index contributed by atoms with van der Waals surface area (Å²) in [6.45, 7) is 6.64. The van der Waals surface area contributed by atoms with Gasteiger partial charge in [0.1, 0.15) is 0 Å². The van der Waals surface area contributed by atoms with E-state index in [9.17, 15) is 14.7 Å². The Morgan fingerprint density at radius 1 is 1.10 bits per heavy atom. The van der Waals surface area contributed by atoms with E-state index in [0.29, 0.717) is 31.1 Å². The van der Waals surface area contributed by atoms with Crippen LogP contribution in [0.3, 0.4) is 0 Å². The van der Waals surface area contributed by atoms with Gasteiger partial charge >= 0.3 is 5.97 Å². The van der Waals surface area contributed by atoms with Gasteiger partial charge in [-0.2, -0.15) is 0 Å². The van der Waals surface area contributed by atoms with Crippen molar-refractivity contribution in [3.63, 3.8) is 0 Å². The van der Waals surface area contributed by atoms with Crippen LogP contribution in [-0.4, -0.2) is 34.2 Å². The highest BCUT2D eigenvalue weighted by Gasteiger charge is 2.65. The first kappa shape index (κ1) is 21.3. The Kier molecular flexibility index (Phi) is 5.37. The van der Waals surface area contributed by atoms with Crippen LogP contribution in [0.5, 0.6) is 0 Å². The summed E-state index contributed by atoms with van der Waals surface area (Å²) in [5, 5.41) is 19.2. The van der Waals surface area contributed by atoms with E-state index in [-0.39, 0.29) is 46.7 Å². The van der Waals surface area contributed by atoms with Crippen molar-refractivity contribution in [2.45, 2.75) is 90.8 Å². The van der Waals surface area contributed by atoms with Crippen molar-refractivity contribution in [3.8, 4) is 0 Å². The quantitative estimate of drug-likeness (QED) is 0.711. The fourth-order valence-corrected chi connectivity index (χ4v) is 8.44. The number of aliphatic hydroxyl groups excluding tert-OH is 1. The summed E-state index contributed by atoms with van der Waals surface area (Å²) in [5.74, 6) is -0.307. The topological polar surface area (TPSA) is 74.6 Å². The fourth-order valence-electron chi connectivity index (χ4n) is 8.44. The summed E-state index contributed by atoms with van der Waals surface area (Å²) >= 11 is 0. The number of carbonyl (C=O) groups excluding carboxylic acids is 1. The van der Waals surface area contributed by atoms with Crippen molar-refractivity contribution in [1.29, 1.82) is 0 Å². The Hall–Kier alpha value is -0.970. The van der Waals surface area contributed by atoms with Gasteiger partial charge in [0.05, 0.1) is 6.10 Å². The first-order valence-electron chi connectivity index (χ1n) is 11.7. The Balaban J connectivity index is 1.60. The summed E-state index contributed by atoms with van der Waals surface area (Å²) in [6, 6.07) is 0. The van der Waals surface area contributed by atoms with Gasteiger partial charge in [0.25, 0.3) is 0 Å². The molecule has 4 rings (SSSR count). The number of hydrogen-bond acceptors (Lipinski definition) is 3. The van der Waals surface area contributed by atoms with E-state index in [1.54, 1.807) is 0 Å². The van der Waals surface area contributed by atoms with E-state index in [2.05, 4.69) is 20.8 Å². The van der Waals surface area contributed by atoms with Gasteiger partial charge in [-0.25, -0.2) is 4.39 Å². The van der Waals surface area contributed by atoms with Crippen LogP contribution >= 0.6 is 0 Å². The number of rotatable bonds is 4. The normalized spacial score (nSPS) is 50.4. The number of halogens is 1. The smallest absolute Gasteiger partial charge is 0.303 e. The first-order valence-corrected chi connectivity index (χ1v) is 11.7. The molecule has 0 bridgehead atoms. The summed E-state index contributed by atoms with van der Waals surface area (Å²) in [4.78, 5) is 24.3. The van der Waals surface area contributed by atoms with Gasteiger partial charge in [-0.3, -0.25) is 9.59 Å². The van der Waals surface area contributed by atoms with Gasteiger partial charge in [-0.1, -0.05) is 20.8 Å². The SMILES string of the molecule is C[C@H](CCC(=O)O)[C@H]1CC[C@H]2[C@@H]3C(=O)[C@H](F)[C@@H]4C[C@H](O)CC[C@]4(C)[C@H]3CC[C@]12C. The number of carboxylic acid groups (broad SMARTS) is 1. The zero-order chi connectivity index (χ0) is 21.1. The molecule has 4 nitrogen and oxygen atoms in total. The lowest BCUT2D eigenvalue weighted by Crippen LogP contribution is -2.61. The Labute approximate surface area is 173 Å². The number of aliphatic carboxylic acids is 1. The largest absolute Gasteiger partial charge is 0.481 e. The summed E-state index contributed by atoms with van der Waals surface area (Å²) in [6.07, 6.45) is 4.89. The number of alkyl halides is 1. The Morgan fingerprint density at radius 3 is 2.45 bits per heavy atom. The highest BCUT2D eigenvalue weighted by atomic mass is 19.1. The molecule has 0 radical (unpaired) electrons. The molecule has 4 aliphatic rings. The first-order chi connectivity index (χ1) is 13.6. The monoisotopic (exact) mass is 408 g/mol. The van der Waals surface area contributed by atoms with Crippen molar-refractivity contribution < 1.29 is 24.2 Å². The molecule has 0 spiro atoms. The number of carbonyl (C=O) groups is 2. The minimum atomic E-state index is -1.44. The molecule has 0 amide bonds. The van der Waals surface area contributed by atoms with Crippen LogP contribution in [0.25, 0.3) is 0 Å². The van der Waals surface area contributed by atoms with Gasteiger partial charge in [-0.15, -0.1) is 0 Å². The number of ketones is 1. The molecule has 0 unspecified atom stereocenters. The predicted molar refractivity (Wildman–Crippen MR) is 108 cm³/mol. The van der Waals surface area contributed by atoms with E-state index < -0.39 is 18.2 Å². The zero-order valence-electron chi connectivity index (χ0n) is 18.1. The maximum absolute atomic E-state index is 15.4. The third kappa shape index (κ3) is 3.18. The number of fused-ring (bicyclic) bond motifs is 5. The molecule has 4 saturated carbocycles. The van der Waals surface area contributed by atoms with Crippen molar-refractivity contribution in [3.05, 3.63) is 0 Å². The molecule has 4 aliphatic carbocycles. The van der Waals surface area contributed by atoms with Gasteiger partial charge in [0.15, 0.2) is 12.0 Å². The summed E-state index contributed by atoms with van der Waals surface area (Å²) in [5.41, 5.74) is -0.183. The molecule has 164 valence electrons. The molecular weight excluding hydrogens is 371 g/mol. The van der Waals surface area contributed by atoms with Gasteiger partial charge in [0, 0.05) is 18.3 Å². The standard InChI is InChI=1S/C24H37FO4/c1-13(4-7-19(27)28)15-5-6-16-20-17(9-11-23(15,16)2)24(3)10-8-14(26)12-18(24)21(25)22(20)29/h13-18,20-21,26H,4-12H2,1-3H3,(H,27,28)/t13-,14-,15-,16+,17+,18+,20+,21-,23-,24-/m1/s1. The fraction of sp³-hybridized carbons (Fsp3) is 0.917. The highest BCUT2D eigenvalue weighted by molar-refractivity contribution is 5.87. The number of carboxylic acids is 1. The molecule has 29 heavy (non-hydrogen) atoms. The molecule has 0 heterocycles. The minimum absolute atomic E-state index is 0.00580. The summed E-state index contributed by atoms with van der Waals surface area (Å²) in [7, 11) is 0. The second-order valence-electron chi connectivity index (χ2n) is 11.2. The average molecular weight is 409 g/mol. The second kappa shape index (κ2) is 7.32. The second-order valence-corrected chi connectivity index (χ2v) is 11.2. The molecule has 0 aromatic heterocycles. The van der Waals surface area contributed by atoms with E-state index >= 15 is 4.39 Å². The van der Waals surface area contributed by atoms with Crippen molar-refractivity contribution in [2.75, 3.05) is 0 Å². The number of aliphatic hydroxyl groups is 1. The van der Waals surface area contributed by atoms with Crippen molar-refractivity contribution >= 4 is 11.8 Å². The van der Waals surface area contributed by atoms with E-state index in [1.807, 2.05) is 0 Å². The third-order valence-corrected chi connectivity index (χ3v) is 10.0. The Bertz CT molecular complexity index is 680. The van der Waals surface area contributed by atoms with E-state index in [4.69, 9.17) is 5.11 Å². The van der Waals surface area contributed by atoms with Crippen LogP contribution in [0.2, 0.25) is 0 Å². The van der Waals surface area contributed by atoms with Crippen LogP contribution in [0, 0.1) is 46.3 Å². The zero-order valence-corrected chi connectivity index (χ0v) is 18.1. The summed E-state index contributed by atoms with van der Waals surface area (Å²) < 4.78 is 15.4. The van der Waals surface area contributed by atoms with Crippen LogP contribution in [-0.2, 0) is 9.59 Å². The molecule has 0 aromatic rings. The van der Waals surface area contributed by atoms with E-state index in [0.717, 1.165) is 32.1 Å². The van der Waals surface area contributed by atoms with Crippen LogP contribution in [0.15, 0.2) is 0 Å². The molecule has 0 aliphatic heterocycles. The van der Waals surface area contributed by atoms with Crippen molar-refractivity contribution in [2.24, 2.45) is 46.3 Å². The van der Waals surface area contributed by atoms with Crippen molar-refractivity contribution in [1.82, 2.24) is 0 Å². The number of hydrogen-bond donors (Lipinski definition) is 2. The minimum Gasteiger partial charge on any atom is -0.481 e. The average Bonchev–Trinajstić information content (AvgIpc) is 3.02. The van der Waals surface area contributed by atoms with Crippen LogP contribution < -0.4 is 0 Å². The molecular formula is C24H37FO4. The lowest BCUT2D eigenvalue weighted by molar-refractivity contribution is -0.175. The molecule has 0 saturated heterocycles. The van der Waals surface area contributed by atoms with Crippen LogP contribution in [0.4, 0.5) is 4.39 Å². The third-order valence-electron chi connectivity index (χ3n) is 10.0. The predicted octanol–water partition coefficient (Wildman–Crippen LogP) is 4.63. The maximum atomic E-state index is 15.4. The molecule has 2 N–H and O–H groups in total. The molecule has 5 heteroatoms. The molecule has 10 atom stereocenters. The maximum Gasteiger partial charge on any atom is 0.303 e. The lowest BCUT2D eigenvalue weighted by atomic mass is 9.43. The van der Waals surface area contributed by atoms with E-state index in [1.165, 1.54) is 0 Å².